The minimum atomic E-state index is -1.07. The summed E-state index contributed by atoms with van der Waals surface area (Å²) in [7, 11) is 1.48. The molecule has 1 amide bonds. The maximum absolute atomic E-state index is 13.6. The Bertz CT molecular complexity index is 1480. The number of furan rings is 2. The van der Waals surface area contributed by atoms with Crippen LogP contribution in [0.25, 0.3) is 11.0 Å². The minimum Gasteiger partial charge on any atom is -0.503 e. The molecule has 2 aromatic carbocycles. The van der Waals surface area contributed by atoms with Crippen LogP contribution in [0.4, 0.5) is 0 Å². The third-order valence-electron chi connectivity index (χ3n) is 5.87. The number of ether oxygens (including phenoxy) is 1. The summed E-state index contributed by atoms with van der Waals surface area (Å²) in [6.45, 7) is -0.00110. The molecule has 1 atom stereocenters. The Hall–Kier alpha value is -4.79. The second kappa shape index (κ2) is 8.53. The van der Waals surface area contributed by atoms with Crippen molar-refractivity contribution in [2.45, 2.75) is 12.6 Å². The van der Waals surface area contributed by atoms with Crippen LogP contribution in [0.5, 0.6) is 5.75 Å². The molecule has 0 radical (unpaired) electrons. The van der Waals surface area contributed by atoms with Gasteiger partial charge in [0.2, 0.25) is 5.78 Å². The molecule has 9 nitrogen and oxygen atoms in total. The topological polar surface area (TPSA) is 130 Å². The van der Waals surface area contributed by atoms with Crippen molar-refractivity contribution in [3.05, 3.63) is 101 Å². The highest BCUT2D eigenvalue weighted by Crippen LogP contribution is 2.41. The number of carboxylic acids is 1. The van der Waals surface area contributed by atoms with Crippen LogP contribution in [0.15, 0.2) is 87.1 Å². The largest absolute Gasteiger partial charge is 0.503 e. The maximum atomic E-state index is 13.6. The fraction of sp³-hybridized carbons (Fsp3) is 0.115. The third-order valence-corrected chi connectivity index (χ3v) is 5.87. The van der Waals surface area contributed by atoms with Gasteiger partial charge in [-0.05, 0) is 42.0 Å². The molecule has 2 N–H and O–H groups in total. The van der Waals surface area contributed by atoms with E-state index in [9.17, 15) is 19.5 Å². The Kier molecular flexibility index (Phi) is 5.37. The van der Waals surface area contributed by atoms with Gasteiger partial charge in [-0.2, -0.15) is 0 Å². The summed E-state index contributed by atoms with van der Waals surface area (Å²) in [6.07, 6.45) is 1.41. The highest BCUT2D eigenvalue weighted by atomic mass is 16.5. The molecule has 3 heterocycles. The van der Waals surface area contributed by atoms with Crippen LogP contribution in [0, 0.1) is 0 Å². The molecule has 2 aromatic heterocycles. The zero-order valence-electron chi connectivity index (χ0n) is 18.4. The lowest BCUT2D eigenvalue weighted by molar-refractivity contribution is -0.130. The molecule has 0 spiro atoms. The molecule has 35 heavy (non-hydrogen) atoms. The monoisotopic (exact) mass is 473 g/mol. The van der Waals surface area contributed by atoms with E-state index in [1.165, 1.54) is 36.5 Å². The van der Waals surface area contributed by atoms with Gasteiger partial charge in [0.15, 0.2) is 22.9 Å². The number of nitrogens with zero attached hydrogens (tertiary/aromatic N) is 1. The summed E-state index contributed by atoms with van der Waals surface area (Å²) in [4.78, 5) is 39.1. The van der Waals surface area contributed by atoms with Crippen molar-refractivity contribution in [3.63, 3.8) is 0 Å². The SMILES string of the molecule is COc1cccc2cc(C(=O)C3=C(O)C(=O)N(Cc4ccc(C(=O)O)cc4)C3c3ccco3)oc12. The number of ketones is 1. The van der Waals surface area contributed by atoms with Crippen molar-refractivity contribution in [3.8, 4) is 5.75 Å². The second-order valence-corrected chi connectivity index (χ2v) is 7.93. The number of aromatic carboxylic acids is 1. The number of hydrogen-bond donors (Lipinski definition) is 2. The molecule has 176 valence electrons. The van der Waals surface area contributed by atoms with Crippen molar-refractivity contribution < 1.29 is 38.2 Å². The number of aliphatic hydroxyl groups is 1. The number of rotatable bonds is 7. The number of carbonyl (C=O) groups excluding carboxylic acids is 2. The fourth-order valence-electron chi connectivity index (χ4n) is 4.18. The summed E-state index contributed by atoms with van der Waals surface area (Å²) >= 11 is 0. The van der Waals surface area contributed by atoms with E-state index >= 15 is 0 Å². The number of Topliss-reactive ketones (excluding diaryl/α,β-unsaturated/α-hetero) is 1. The first-order chi connectivity index (χ1) is 16.9. The van der Waals surface area contributed by atoms with Gasteiger partial charge >= 0.3 is 5.97 Å². The van der Waals surface area contributed by atoms with Gasteiger partial charge < -0.3 is 28.7 Å². The van der Waals surface area contributed by atoms with Crippen molar-refractivity contribution >= 4 is 28.6 Å². The van der Waals surface area contributed by atoms with Crippen LogP contribution in [-0.2, 0) is 11.3 Å². The molecule has 1 aliphatic heterocycles. The Labute approximate surface area is 198 Å². The first-order valence-corrected chi connectivity index (χ1v) is 10.6. The summed E-state index contributed by atoms with van der Waals surface area (Å²) in [6, 6.07) is 14.9. The summed E-state index contributed by atoms with van der Waals surface area (Å²) in [5, 5.41) is 20.5. The molecule has 0 bridgehead atoms. The maximum Gasteiger partial charge on any atom is 0.335 e. The molecule has 5 rings (SSSR count). The lowest BCUT2D eigenvalue weighted by Crippen LogP contribution is -2.30. The number of amides is 1. The van der Waals surface area contributed by atoms with Gasteiger partial charge in [0, 0.05) is 11.9 Å². The van der Waals surface area contributed by atoms with Crippen LogP contribution in [0.1, 0.15) is 38.3 Å². The van der Waals surface area contributed by atoms with Gasteiger partial charge in [0.05, 0.1) is 24.5 Å². The van der Waals surface area contributed by atoms with Crippen LogP contribution >= 0.6 is 0 Å². The van der Waals surface area contributed by atoms with Gasteiger partial charge in [-0.1, -0.05) is 24.3 Å². The Balaban J connectivity index is 1.54. The second-order valence-electron chi connectivity index (χ2n) is 7.93. The van der Waals surface area contributed by atoms with Gasteiger partial charge in [-0.25, -0.2) is 4.79 Å². The number of benzene rings is 2. The summed E-state index contributed by atoms with van der Waals surface area (Å²) < 4.78 is 16.6. The van der Waals surface area contributed by atoms with Gasteiger partial charge in [-0.3, -0.25) is 9.59 Å². The standard InChI is InChI=1S/C26H19NO8/c1-33-18-5-2-4-16-12-19(35-24(16)18)22(28)20-21(17-6-3-11-34-17)27(25(30)23(20)29)13-14-7-9-15(10-8-14)26(31)32/h2-12,21,29H,13H2,1H3,(H,31,32). The Morgan fingerprint density at radius 2 is 1.86 bits per heavy atom. The molecule has 1 unspecified atom stereocenters. The van der Waals surface area contributed by atoms with Crippen LogP contribution in [-0.4, -0.2) is 39.9 Å². The molecule has 1 aliphatic rings. The highest BCUT2D eigenvalue weighted by molar-refractivity contribution is 6.16. The molecule has 4 aromatic rings. The summed E-state index contributed by atoms with van der Waals surface area (Å²) in [5.74, 6) is -2.55. The number of para-hydroxylation sites is 1. The molecule has 0 saturated heterocycles. The first-order valence-electron chi connectivity index (χ1n) is 10.6. The van der Waals surface area contributed by atoms with Gasteiger partial charge in [0.25, 0.3) is 5.91 Å². The van der Waals surface area contributed by atoms with Gasteiger partial charge in [-0.15, -0.1) is 0 Å². The molecule has 0 fully saturated rings. The molecule has 0 aliphatic carbocycles. The average molecular weight is 473 g/mol. The lowest BCUT2D eigenvalue weighted by Gasteiger charge is -2.24. The van der Waals surface area contributed by atoms with Crippen LogP contribution < -0.4 is 4.74 Å². The van der Waals surface area contributed by atoms with Crippen LogP contribution in [0.2, 0.25) is 0 Å². The molecular weight excluding hydrogens is 454 g/mol. The Morgan fingerprint density at radius 3 is 2.51 bits per heavy atom. The zero-order chi connectivity index (χ0) is 24.7. The predicted octanol–water partition coefficient (Wildman–Crippen LogP) is 4.51. The van der Waals surface area contributed by atoms with E-state index in [0.717, 1.165) is 0 Å². The molecular formula is C26H19NO8. The highest BCUT2D eigenvalue weighted by Gasteiger charge is 2.46. The predicted molar refractivity (Wildman–Crippen MR) is 122 cm³/mol. The van der Waals surface area contributed by atoms with Crippen molar-refractivity contribution in [2.24, 2.45) is 0 Å². The first kappa shape index (κ1) is 22.0. The molecule has 9 heteroatoms. The number of carboxylic acid groups (broad SMARTS) is 1. The number of methoxy groups -OCH3 is 1. The number of carbonyl (C=O) groups is 3. The zero-order valence-corrected chi connectivity index (χ0v) is 18.4. The summed E-state index contributed by atoms with van der Waals surface area (Å²) in [5.41, 5.74) is 0.897. The average Bonchev–Trinajstić information content (AvgIpc) is 3.59. The van der Waals surface area contributed by atoms with E-state index in [0.29, 0.717) is 22.3 Å². The molecule has 0 saturated carbocycles. The normalized spacial score (nSPS) is 15.7. The number of fused-ring (bicyclic) bond motifs is 1. The van der Waals surface area contributed by atoms with E-state index in [1.807, 2.05) is 0 Å². The third kappa shape index (κ3) is 3.72. The van der Waals surface area contributed by atoms with E-state index in [-0.39, 0.29) is 29.2 Å². The van der Waals surface area contributed by atoms with E-state index in [4.69, 9.17) is 18.7 Å². The van der Waals surface area contributed by atoms with E-state index in [2.05, 4.69) is 0 Å². The lowest BCUT2D eigenvalue weighted by atomic mass is 9.99. The number of hydrogen-bond acceptors (Lipinski definition) is 7. The fourth-order valence-corrected chi connectivity index (χ4v) is 4.18. The van der Waals surface area contributed by atoms with E-state index in [1.54, 1.807) is 42.5 Å². The van der Waals surface area contributed by atoms with Gasteiger partial charge in [0.1, 0.15) is 11.8 Å². The van der Waals surface area contributed by atoms with Crippen molar-refractivity contribution in [1.29, 1.82) is 0 Å². The van der Waals surface area contributed by atoms with Crippen molar-refractivity contribution in [1.82, 2.24) is 4.90 Å². The minimum absolute atomic E-state index is 0.00110. The smallest absolute Gasteiger partial charge is 0.335 e. The van der Waals surface area contributed by atoms with Crippen LogP contribution in [0.3, 0.4) is 0 Å². The Morgan fingerprint density at radius 1 is 1.09 bits per heavy atom. The quantitative estimate of drug-likeness (QED) is 0.375. The van der Waals surface area contributed by atoms with Crippen molar-refractivity contribution in [2.75, 3.05) is 7.11 Å². The van der Waals surface area contributed by atoms with E-state index < -0.39 is 29.5 Å². The number of aliphatic hydroxyl groups excluding tert-OH is 1.